The molecular formula is C20H17N2O+. The van der Waals surface area contributed by atoms with E-state index in [-0.39, 0.29) is 0 Å². The van der Waals surface area contributed by atoms with Gasteiger partial charge in [-0.3, -0.25) is 0 Å². The first-order valence-electron chi connectivity index (χ1n) is 7.98. The summed E-state index contributed by atoms with van der Waals surface area (Å²) in [7, 11) is 0. The highest BCUT2D eigenvalue weighted by atomic mass is 16.5. The molecule has 0 spiro atoms. The molecule has 1 aromatic heterocycles. The summed E-state index contributed by atoms with van der Waals surface area (Å²) >= 11 is 0. The quantitative estimate of drug-likeness (QED) is 0.408. The van der Waals surface area contributed by atoms with Gasteiger partial charge in [0.2, 0.25) is 11.8 Å². The van der Waals surface area contributed by atoms with Gasteiger partial charge < -0.3 is 4.74 Å². The van der Waals surface area contributed by atoms with Gasteiger partial charge in [0.15, 0.2) is 22.7 Å². The van der Waals surface area contributed by atoms with Crippen molar-refractivity contribution in [3.05, 3.63) is 60.9 Å². The number of para-hydroxylation sites is 1. The summed E-state index contributed by atoms with van der Waals surface area (Å²) in [5.41, 5.74) is 3.45. The number of rotatable bonds is 1. The van der Waals surface area contributed by atoms with E-state index in [1.54, 1.807) is 0 Å². The van der Waals surface area contributed by atoms with Crippen molar-refractivity contribution >= 4 is 21.8 Å². The van der Waals surface area contributed by atoms with Crippen LogP contribution in [0.3, 0.4) is 0 Å². The van der Waals surface area contributed by atoms with E-state index in [9.17, 15) is 0 Å². The highest BCUT2D eigenvalue weighted by Crippen LogP contribution is 2.41. The van der Waals surface area contributed by atoms with E-state index in [0.717, 1.165) is 22.7 Å². The average molecular weight is 301 g/mol. The first-order valence-corrected chi connectivity index (χ1v) is 7.98. The molecule has 0 amide bonds. The third-order valence-corrected chi connectivity index (χ3v) is 4.60. The van der Waals surface area contributed by atoms with Crippen LogP contribution in [0.15, 0.2) is 60.9 Å². The molecule has 3 nitrogen and oxygen atoms in total. The summed E-state index contributed by atoms with van der Waals surface area (Å²) in [6.07, 6.45) is 2.19. The normalized spacial score (nSPS) is 12.7. The van der Waals surface area contributed by atoms with Gasteiger partial charge in [0.25, 0.3) is 0 Å². The van der Waals surface area contributed by atoms with Crippen molar-refractivity contribution in [2.45, 2.75) is 19.9 Å². The zero-order valence-corrected chi connectivity index (χ0v) is 13.2. The zero-order valence-electron chi connectivity index (χ0n) is 13.2. The van der Waals surface area contributed by atoms with Crippen LogP contribution in [0.2, 0.25) is 0 Å². The second kappa shape index (κ2) is 4.35. The second-order valence-electron chi connectivity index (χ2n) is 6.38. The van der Waals surface area contributed by atoms with Gasteiger partial charge in [0, 0.05) is 0 Å². The van der Waals surface area contributed by atoms with Gasteiger partial charge >= 0.3 is 0 Å². The Balaban J connectivity index is 1.91. The molecule has 0 bridgehead atoms. The van der Waals surface area contributed by atoms with Crippen LogP contribution in [-0.2, 0) is 0 Å². The predicted molar refractivity (Wildman–Crippen MR) is 91.4 cm³/mol. The highest BCUT2D eigenvalue weighted by Gasteiger charge is 2.29. The van der Waals surface area contributed by atoms with Crippen LogP contribution in [0, 0.1) is 0 Å². The molecule has 1 aliphatic rings. The van der Waals surface area contributed by atoms with Crippen LogP contribution in [0.25, 0.3) is 27.5 Å². The first-order chi connectivity index (χ1) is 11.2. The minimum Gasteiger partial charge on any atom is -0.448 e. The number of fused-ring (bicyclic) bond motifs is 3. The lowest BCUT2D eigenvalue weighted by Crippen LogP contribution is -2.34. The van der Waals surface area contributed by atoms with Crippen LogP contribution in [0.1, 0.15) is 19.9 Å². The van der Waals surface area contributed by atoms with E-state index in [1.807, 2.05) is 6.07 Å². The summed E-state index contributed by atoms with van der Waals surface area (Å²) in [5.74, 6) is 1.83. The van der Waals surface area contributed by atoms with Gasteiger partial charge in [-0.25, -0.2) is 4.57 Å². The molecule has 2 heterocycles. The Hall–Kier alpha value is -2.81. The maximum Gasteiger partial charge on any atom is 0.250 e. The number of benzene rings is 3. The third-order valence-electron chi connectivity index (χ3n) is 4.60. The Bertz CT molecular complexity index is 1080. The predicted octanol–water partition coefficient (Wildman–Crippen LogP) is 4.76. The molecule has 0 atom stereocenters. The molecule has 0 fully saturated rings. The highest BCUT2D eigenvalue weighted by molar-refractivity contribution is 5.91. The fourth-order valence-electron chi connectivity index (χ4n) is 3.48. The molecule has 23 heavy (non-hydrogen) atoms. The van der Waals surface area contributed by atoms with Gasteiger partial charge in [0.05, 0.1) is 6.04 Å². The molecule has 0 unspecified atom stereocenters. The largest absolute Gasteiger partial charge is 0.448 e. The zero-order chi connectivity index (χ0) is 15.6. The number of imidazole rings is 1. The molecule has 112 valence electrons. The molecule has 0 radical (unpaired) electrons. The molecule has 0 aliphatic carbocycles. The van der Waals surface area contributed by atoms with Crippen LogP contribution >= 0.6 is 0 Å². The lowest BCUT2D eigenvalue weighted by Gasteiger charge is -2.15. The molecule has 0 N–H and O–H groups in total. The van der Waals surface area contributed by atoms with E-state index in [0.29, 0.717) is 6.04 Å². The Morgan fingerprint density at radius 3 is 2.48 bits per heavy atom. The fourth-order valence-corrected chi connectivity index (χ4v) is 3.48. The maximum atomic E-state index is 6.22. The molecule has 4 aromatic rings. The Morgan fingerprint density at radius 1 is 0.913 bits per heavy atom. The summed E-state index contributed by atoms with van der Waals surface area (Å²) in [6, 6.07) is 19.4. The van der Waals surface area contributed by atoms with Crippen molar-refractivity contribution in [2.24, 2.45) is 0 Å². The fraction of sp³-hybridized carbons (Fsp3) is 0.150. The molecule has 0 saturated carbocycles. The maximum absolute atomic E-state index is 6.22. The van der Waals surface area contributed by atoms with E-state index in [1.165, 1.54) is 16.3 Å². The van der Waals surface area contributed by atoms with Crippen LogP contribution in [0.5, 0.6) is 11.5 Å². The van der Waals surface area contributed by atoms with Crippen molar-refractivity contribution in [3.8, 4) is 17.2 Å². The van der Waals surface area contributed by atoms with E-state index < -0.39 is 0 Å². The lowest BCUT2D eigenvalue weighted by atomic mass is 10.1. The van der Waals surface area contributed by atoms with E-state index >= 15 is 0 Å². The monoisotopic (exact) mass is 301 g/mol. The Kier molecular flexibility index (Phi) is 2.41. The molecule has 3 heteroatoms. The van der Waals surface area contributed by atoms with Crippen LogP contribution in [0.4, 0.5) is 0 Å². The number of aromatic nitrogens is 2. The van der Waals surface area contributed by atoms with Crippen molar-refractivity contribution in [1.29, 1.82) is 0 Å². The second-order valence-corrected chi connectivity index (χ2v) is 6.38. The summed E-state index contributed by atoms with van der Waals surface area (Å²) in [6.45, 7) is 4.41. The first kappa shape index (κ1) is 12.7. The topological polar surface area (TPSA) is 18.0 Å². The van der Waals surface area contributed by atoms with Crippen molar-refractivity contribution in [3.63, 3.8) is 0 Å². The van der Waals surface area contributed by atoms with Crippen molar-refractivity contribution in [1.82, 2.24) is 4.57 Å². The molecular weight excluding hydrogens is 284 g/mol. The summed E-state index contributed by atoms with van der Waals surface area (Å²) in [5, 5.41) is 2.43. The average Bonchev–Trinajstić information content (AvgIpc) is 2.95. The van der Waals surface area contributed by atoms with Gasteiger partial charge in [-0.05, 0) is 48.9 Å². The Morgan fingerprint density at radius 2 is 1.70 bits per heavy atom. The standard InChI is InChI=1S/C20H17N2O/c1-13(2)21-12-22-17-10-14-6-3-4-7-15(14)11-19(17)23-18-9-5-8-16(21)20(18)22/h3-13H,1-2H3/q+1. The van der Waals surface area contributed by atoms with Crippen molar-refractivity contribution in [2.75, 3.05) is 0 Å². The number of hydrogen-bond donors (Lipinski definition) is 0. The van der Waals surface area contributed by atoms with Gasteiger partial charge in [-0.2, -0.15) is 4.57 Å². The van der Waals surface area contributed by atoms with Crippen LogP contribution in [-0.4, -0.2) is 4.57 Å². The number of ether oxygens (including phenoxy) is 1. The minimum absolute atomic E-state index is 0.399. The Labute approximate surface area is 134 Å². The van der Waals surface area contributed by atoms with E-state index in [4.69, 9.17) is 4.74 Å². The molecule has 0 saturated heterocycles. The summed E-state index contributed by atoms with van der Waals surface area (Å²) < 4.78 is 10.8. The smallest absolute Gasteiger partial charge is 0.250 e. The summed E-state index contributed by atoms with van der Waals surface area (Å²) in [4.78, 5) is 0. The number of nitrogens with zero attached hydrogens (tertiary/aromatic N) is 2. The van der Waals surface area contributed by atoms with Gasteiger partial charge in [-0.15, -0.1) is 0 Å². The molecule has 3 aromatic carbocycles. The van der Waals surface area contributed by atoms with Crippen molar-refractivity contribution < 1.29 is 9.30 Å². The third kappa shape index (κ3) is 1.67. The molecule has 1 aliphatic heterocycles. The SMILES string of the molecule is CC(C)[n+]1cn2c3c(cccc31)Oc1cc3ccccc3cc1-2. The molecule has 5 rings (SSSR count). The number of hydrogen-bond acceptors (Lipinski definition) is 1. The van der Waals surface area contributed by atoms with Gasteiger partial charge in [-0.1, -0.05) is 30.3 Å². The van der Waals surface area contributed by atoms with Gasteiger partial charge in [0.1, 0.15) is 0 Å². The lowest BCUT2D eigenvalue weighted by molar-refractivity contribution is -0.691. The van der Waals surface area contributed by atoms with E-state index in [2.05, 4.69) is 77.8 Å². The van der Waals surface area contributed by atoms with Crippen LogP contribution < -0.4 is 9.30 Å². The minimum atomic E-state index is 0.399.